The number of hydrogen-bond donors (Lipinski definition) is 1. The summed E-state index contributed by atoms with van der Waals surface area (Å²) in [6.07, 6.45) is 2.28. The fourth-order valence-corrected chi connectivity index (χ4v) is 3.00. The van der Waals surface area contributed by atoms with Crippen molar-refractivity contribution in [2.45, 2.75) is 11.0 Å². The molecule has 82 valence electrons. The maximum Gasteiger partial charge on any atom is 0.0950 e. The van der Waals surface area contributed by atoms with Crippen LogP contribution in [-0.4, -0.2) is 26.0 Å². The quantitative estimate of drug-likeness (QED) is 0.846. The first-order chi connectivity index (χ1) is 7.31. The van der Waals surface area contributed by atoms with Gasteiger partial charge in [0.15, 0.2) is 0 Å². The van der Waals surface area contributed by atoms with Crippen LogP contribution in [0.15, 0.2) is 27.6 Å². The average Bonchev–Trinajstić information content (AvgIpc) is 2.30. The van der Waals surface area contributed by atoms with Crippen molar-refractivity contribution in [3.8, 4) is 0 Å². The van der Waals surface area contributed by atoms with Crippen LogP contribution >= 0.6 is 27.7 Å². The van der Waals surface area contributed by atoms with Gasteiger partial charge >= 0.3 is 0 Å². The Kier molecular flexibility index (Phi) is 4.08. The average molecular weight is 288 g/mol. The lowest BCUT2D eigenvalue weighted by Gasteiger charge is -2.24. The number of benzene rings is 1. The van der Waals surface area contributed by atoms with Crippen molar-refractivity contribution in [2.24, 2.45) is 0 Å². The van der Waals surface area contributed by atoms with Crippen LogP contribution in [0.5, 0.6) is 0 Å². The zero-order valence-electron chi connectivity index (χ0n) is 8.63. The maximum absolute atomic E-state index is 5.70. The summed E-state index contributed by atoms with van der Waals surface area (Å²) in [5.41, 5.74) is 1.24. The molecular weight excluding hydrogens is 274 g/mol. The van der Waals surface area contributed by atoms with Crippen molar-refractivity contribution in [1.29, 1.82) is 0 Å². The molecule has 0 aliphatic carbocycles. The van der Waals surface area contributed by atoms with Gasteiger partial charge in [0, 0.05) is 22.5 Å². The summed E-state index contributed by atoms with van der Waals surface area (Å²) in [4.78, 5) is 1.27. The Hall–Kier alpha value is -0.0300. The van der Waals surface area contributed by atoms with Gasteiger partial charge in [0.2, 0.25) is 0 Å². The van der Waals surface area contributed by atoms with Gasteiger partial charge in [0.1, 0.15) is 0 Å². The van der Waals surface area contributed by atoms with Crippen LogP contribution in [0.3, 0.4) is 0 Å². The Morgan fingerprint density at radius 1 is 1.53 bits per heavy atom. The van der Waals surface area contributed by atoms with E-state index in [1.54, 1.807) is 11.8 Å². The second-order valence-electron chi connectivity index (χ2n) is 3.46. The molecule has 0 spiro atoms. The van der Waals surface area contributed by atoms with Crippen LogP contribution in [0.25, 0.3) is 0 Å². The molecule has 15 heavy (non-hydrogen) atoms. The van der Waals surface area contributed by atoms with E-state index in [1.807, 2.05) is 0 Å². The molecule has 1 N–H and O–H groups in total. The van der Waals surface area contributed by atoms with Crippen molar-refractivity contribution in [3.63, 3.8) is 0 Å². The zero-order chi connectivity index (χ0) is 10.7. The molecule has 1 aliphatic heterocycles. The second-order valence-corrected chi connectivity index (χ2v) is 5.16. The van der Waals surface area contributed by atoms with Crippen molar-refractivity contribution < 1.29 is 4.74 Å². The molecule has 0 aromatic heterocycles. The van der Waals surface area contributed by atoms with Gasteiger partial charge < -0.3 is 10.1 Å². The van der Waals surface area contributed by atoms with Crippen LogP contribution < -0.4 is 5.32 Å². The van der Waals surface area contributed by atoms with Crippen LogP contribution in [-0.2, 0) is 4.74 Å². The van der Waals surface area contributed by atoms with Crippen molar-refractivity contribution in [2.75, 3.05) is 26.0 Å². The Bertz CT molecular complexity index is 339. The number of halogens is 1. The smallest absolute Gasteiger partial charge is 0.0950 e. The SMILES string of the molecule is CSc1ccc(C2CNCCO2)cc1Br. The largest absolute Gasteiger partial charge is 0.371 e. The highest BCUT2D eigenvalue weighted by molar-refractivity contribution is 9.10. The van der Waals surface area contributed by atoms with E-state index in [0.29, 0.717) is 0 Å². The van der Waals surface area contributed by atoms with Crippen molar-refractivity contribution in [3.05, 3.63) is 28.2 Å². The molecule has 4 heteroatoms. The van der Waals surface area contributed by atoms with Crippen LogP contribution in [0.4, 0.5) is 0 Å². The van der Waals surface area contributed by atoms with E-state index < -0.39 is 0 Å². The molecule has 1 heterocycles. The summed E-state index contributed by atoms with van der Waals surface area (Å²) in [6, 6.07) is 6.44. The first-order valence-corrected chi connectivity index (χ1v) is 6.99. The maximum atomic E-state index is 5.70. The second kappa shape index (κ2) is 5.34. The third kappa shape index (κ3) is 2.75. The van der Waals surface area contributed by atoms with Gasteiger partial charge in [-0.3, -0.25) is 0 Å². The van der Waals surface area contributed by atoms with E-state index in [0.717, 1.165) is 24.2 Å². The van der Waals surface area contributed by atoms with Gasteiger partial charge in [-0.15, -0.1) is 11.8 Å². The molecule has 1 aromatic carbocycles. The first-order valence-electron chi connectivity index (χ1n) is 4.97. The Balaban J connectivity index is 2.17. The minimum atomic E-state index is 0.200. The molecule has 0 radical (unpaired) electrons. The van der Waals surface area contributed by atoms with Crippen LogP contribution in [0.2, 0.25) is 0 Å². The summed E-state index contributed by atoms with van der Waals surface area (Å²) in [6.45, 7) is 2.66. The van der Waals surface area contributed by atoms with Gasteiger partial charge in [-0.1, -0.05) is 6.07 Å². The first kappa shape index (κ1) is 11.5. The Morgan fingerprint density at radius 2 is 2.40 bits per heavy atom. The van der Waals surface area contributed by atoms with E-state index in [4.69, 9.17) is 4.74 Å². The van der Waals surface area contributed by atoms with E-state index in [-0.39, 0.29) is 6.10 Å². The van der Waals surface area contributed by atoms with Crippen LogP contribution in [0.1, 0.15) is 11.7 Å². The van der Waals surface area contributed by atoms with E-state index in [9.17, 15) is 0 Å². The van der Waals surface area contributed by atoms with Crippen molar-refractivity contribution in [1.82, 2.24) is 5.32 Å². The van der Waals surface area contributed by atoms with E-state index >= 15 is 0 Å². The minimum Gasteiger partial charge on any atom is -0.371 e. The predicted molar refractivity (Wildman–Crippen MR) is 67.5 cm³/mol. The number of nitrogens with one attached hydrogen (secondary N) is 1. The lowest BCUT2D eigenvalue weighted by Crippen LogP contribution is -2.33. The van der Waals surface area contributed by atoms with Gasteiger partial charge in [-0.05, 0) is 39.9 Å². The highest BCUT2D eigenvalue weighted by atomic mass is 79.9. The number of hydrogen-bond acceptors (Lipinski definition) is 3. The summed E-state index contributed by atoms with van der Waals surface area (Å²) < 4.78 is 6.86. The molecule has 1 atom stereocenters. The number of rotatable bonds is 2. The molecule has 2 rings (SSSR count). The molecule has 0 amide bonds. The topological polar surface area (TPSA) is 21.3 Å². The van der Waals surface area contributed by atoms with Gasteiger partial charge in [-0.25, -0.2) is 0 Å². The van der Waals surface area contributed by atoms with E-state index in [2.05, 4.69) is 45.7 Å². The molecule has 1 aromatic rings. The molecule has 0 bridgehead atoms. The van der Waals surface area contributed by atoms with Gasteiger partial charge in [-0.2, -0.15) is 0 Å². The monoisotopic (exact) mass is 287 g/mol. The number of ether oxygens (including phenoxy) is 1. The normalized spacial score (nSPS) is 21.6. The molecule has 1 fully saturated rings. The molecule has 0 saturated carbocycles. The zero-order valence-corrected chi connectivity index (χ0v) is 11.0. The summed E-state index contributed by atoms with van der Waals surface area (Å²) in [5.74, 6) is 0. The van der Waals surface area contributed by atoms with Crippen LogP contribution in [0, 0.1) is 0 Å². The molecular formula is C11H14BrNOS. The fraction of sp³-hybridized carbons (Fsp3) is 0.455. The highest BCUT2D eigenvalue weighted by Gasteiger charge is 2.16. The lowest BCUT2D eigenvalue weighted by molar-refractivity contribution is 0.0276. The third-order valence-electron chi connectivity index (χ3n) is 2.48. The summed E-state index contributed by atoms with van der Waals surface area (Å²) in [7, 11) is 0. The Labute approximate surface area is 103 Å². The fourth-order valence-electron chi connectivity index (χ4n) is 1.66. The van der Waals surface area contributed by atoms with Gasteiger partial charge in [0.05, 0.1) is 12.7 Å². The standard InChI is InChI=1S/C11H14BrNOS/c1-15-11-3-2-8(6-9(11)12)10-7-13-4-5-14-10/h2-3,6,10,13H,4-5,7H2,1H3. The van der Waals surface area contributed by atoms with Gasteiger partial charge in [0.25, 0.3) is 0 Å². The highest BCUT2D eigenvalue weighted by Crippen LogP contribution is 2.29. The van der Waals surface area contributed by atoms with E-state index in [1.165, 1.54) is 10.5 Å². The minimum absolute atomic E-state index is 0.200. The summed E-state index contributed by atoms with van der Waals surface area (Å²) >= 11 is 5.32. The number of morpholine rings is 1. The molecule has 1 saturated heterocycles. The molecule has 1 aliphatic rings. The third-order valence-corrected chi connectivity index (χ3v) is 4.19. The predicted octanol–water partition coefficient (Wildman–Crippen LogP) is 2.83. The molecule has 2 nitrogen and oxygen atoms in total. The Morgan fingerprint density at radius 3 is 3.00 bits per heavy atom. The molecule has 1 unspecified atom stereocenters. The lowest BCUT2D eigenvalue weighted by atomic mass is 10.1. The number of thioether (sulfide) groups is 1. The summed E-state index contributed by atoms with van der Waals surface area (Å²) in [5, 5.41) is 3.34. The van der Waals surface area contributed by atoms with Crippen molar-refractivity contribution >= 4 is 27.7 Å².